The number of rotatable bonds is 6. The lowest BCUT2D eigenvalue weighted by Gasteiger charge is -2.16. The summed E-state index contributed by atoms with van der Waals surface area (Å²) >= 11 is 0. The molecule has 1 fully saturated rings. The molecule has 3 N–H and O–H groups in total. The molecule has 4 rings (SSSR count). The number of imide groups is 1. The molecule has 0 saturated carbocycles. The third-order valence-electron chi connectivity index (χ3n) is 4.79. The van der Waals surface area contributed by atoms with E-state index in [-0.39, 0.29) is 23.8 Å². The second kappa shape index (κ2) is 7.70. The van der Waals surface area contributed by atoms with Gasteiger partial charge in [0.25, 0.3) is 5.91 Å². The molecule has 0 bridgehead atoms. The summed E-state index contributed by atoms with van der Waals surface area (Å²) < 4.78 is 1.70. The lowest BCUT2D eigenvalue weighted by atomic mass is 10.1. The van der Waals surface area contributed by atoms with Crippen molar-refractivity contribution in [2.75, 3.05) is 5.32 Å². The molecule has 1 saturated heterocycles. The predicted octanol–water partition coefficient (Wildman–Crippen LogP) is 1.21. The number of amides is 3. The van der Waals surface area contributed by atoms with Gasteiger partial charge in [0.15, 0.2) is 5.65 Å². The highest BCUT2D eigenvalue weighted by Gasteiger charge is 2.32. The van der Waals surface area contributed by atoms with Crippen molar-refractivity contribution < 1.29 is 14.4 Å². The smallest absolute Gasteiger partial charge is 0.255 e. The molecular weight excluding hydrogens is 372 g/mol. The van der Waals surface area contributed by atoms with E-state index in [1.54, 1.807) is 10.9 Å². The molecule has 3 amide bonds. The highest BCUT2D eigenvalue weighted by molar-refractivity contribution is 6.10. The second-order valence-corrected chi connectivity index (χ2v) is 6.73. The number of hydrogen-bond donors (Lipinski definition) is 3. The van der Waals surface area contributed by atoms with Gasteiger partial charge in [0.2, 0.25) is 11.8 Å². The minimum absolute atomic E-state index is 0.00956. The Labute approximate surface area is 166 Å². The lowest BCUT2D eigenvalue weighted by molar-refractivity contribution is -0.124. The molecular formula is C20H20N6O3. The molecule has 1 aliphatic heterocycles. The van der Waals surface area contributed by atoms with Crippen LogP contribution in [0.2, 0.25) is 0 Å². The van der Waals surface area contributed by atoms with E-state index in [2.05, 4.69) is 26.0 Å². The van der Waals surface area contributed by atoms with Crippen LogP contribution in [0, 0.1) is 0 Å². The molecule has 0 radical (unpaired) electrons. The van der Waals surface area contributed by atoms with Crippen LogP contribution >= 0.6 is 0 Å². The van der Waals surface area contributed by atoms with Crippen LogP contribution in [0.25, 0.3) is 11.0 Å². The van der Waals surface area contributed by atoms with Gasteiger partial charge >= 0.3 is 0 Å². The first-order valence-corrected chi connectivity index (χ1v) is 9.33. The summed E-state index contributed by atoms with van der Waals surface area (Å²) in [6, 6.07) is 8.79. The Kier molecular flexibility index (Phi) is 4.94. The van der Waals surface area contributed by atoms with Crippen LogP contribution in [0.5, 0.6) is 0 Å². The Balaban J connectivity index is 1.67. The maximum atomic E-state index is 12.9. The van der Waals surface area contributed by atoms with Crippen LogP contribution < -0.4 is 16.0 Å². The number of pyridine rings is 1. The van der Waals surface area contributed by atoms with E-state index in [1.807, 2.05) is 37.3 Å². The molecule has 2 aromatic heterocycles. The molecule has 3 aromatic rings. The summed E-state index contributed by atoms with van der Waals surface area (Å²) in [4.78, 5) is 40.9. The summed E-state index contributed by atoms with van der Waals surface area (Å²) in [5, 5.41) is 13.1. The molecule has 1 atom stereocenters. The quantitative estimate of drug-likeness (QED) is 0.543. The van der Waals surface area contributed by atoms with Gasteiger partial charge in [-0.25, -0.2) is 9.67 Å². The highest BCUT2D eigenvalue weighted by Crippen LogP contribution is 2.28. The predicted molar refractivity (Wildman–Crippen MR) is 106 cm³/mol. The van der Waals surface area contributed by atoms with Crippen LogP contribution in [0.3, 0.4) is 0 Å². The van der Waals surface area contributed by atoms with E-state index in [9.17, 15) is 14.4 Å². The van der Waals surface area contributed by atoms with Crippen molar-refractivity contribution >= 4 is 34.4 Å². The van der Waals surface area contributed by atoms with E-state index >= 15 is 0 Å². The number of fused-ring (bicyclic) bond motifs is 1. The third-order valence-corrected chi connectivity index (χ3v) is 4.79. The van der Waals surface area contributed by atoms with Crippen LogP contribution in [0.15, 0.2) is 42.7 Å². The molecule has 1 aliphatic rings. The normalized spacial score (nSPS) is 16.1. The van der Waals surface area contributed by atoms with Crippen LogP contribution in [-0.4, -0.2) is 38.5 Å². The van der Waals surface area contributed by atoms with Crippen LogP contribution in [-0.2, 0) is 22.7 Å². The molecule has 0 spiro atoms. The van der Waals surface area contributed by atoms with Gasteiger partial charge in [0.1, 0.15) is 6.04 Å². The summed E-state index contributed by atoms with van der Waals surface area (Å²) in [7, 11) is 0. The molecule has 0 aliphatic carbocycles. The van der Waals surface area contributed by atoms with Crippen molar-refractivity contribution in [3.63, 3.8) is 0 Å². The SMILES string of the molecule is CCn1ncc2c(NC3CC(=O)NC3=O)c(C(=O)NCc3ccccc3)cnc21. The zero-order valence-corrected chi connectivity index (χ0v) is 15.8. The average molecular weight is 392 g/mol. The Morgan fingerprint density at radius 2 is 2.03 bits per heavy atom. The van der Waals surface area contributed by atoms with Crippen molar-refractivity contribution in [1.29, 1.82) is 0 Å². The van der Waals surface area contributed by atoms with Gasteiger partial charge in [-0.2, -0.15) is 5.10 Å². The zero-order valence-electron chi connectivity index (χ0n) is 15.8. The topological polar surface area (TPSA) is 118 Å². The minimum Gasteiger partial charge on any atom is -0.372 e. The van der Waals surface area contributed by atoms with Crippen molar-refractivity contribution in [1.82, 2.24) is 25.4 Å². The number of nitrogens with one attached hydrogen (secondary N) is 3. The molecule has 9 nitrogen and oxygen atoms in total. The number of benzene rings is 1. The molecule has 1 aromatic carbocycles. The zero-order chi connectivity index (χ0) is 20.4. The Morgan fingerprint density at radius 3 is 2.72 bits per heavy atom. The van der Waals surface area contributed by atoms with Gasteiger partial charge in [-0.1, -0.05) is 30.3 Å². The molecule has 9 heteroatoms. The van der Waals surface area contributed by atoms with E-state index in [0.717, 1.165) is 5.56 Å². The van der Waals surface area contributed by atoms with Gasteiger partial charge < -0.3 is 10.6 Å². The Bertz CT molecular complexity index is 1090. The Morgan fingerprint density at radius 1 is 1.24 bits per heavy atom. The van der Waals surface area contributed by atoms with Gasteiger partial charge in [-0.15, -0.1) is 0 Å². The van der Waals surface area contributed by atoms with Crippen LogP contribution in [0.1, 0.15) is 29.3 Å². The van der Waals surface area contributed by atoms with Gasteiger partial charge in [-0.05, 0) is 12.5 Å². The van der Waals surface area contributed by atoms with E-state index < -0.39 is 11.9 Å². The summed E-state index contributed by atoms with van der Waals surface area (Å²) in [6.07, 6.45) is 3.08. The molecule has 1 unspecified atom stereocenters. The Hall–Kier alpha value is -3.75. The fourth-order valence-electron chi connectivity index (χ4n) is 3.30. The number of nitrogens with zero attached hydrogens (tertiary/aromatic N) is 3. The van der Waals surface area contributed by atoms with Crippen LogP contribution in [0.4, 0.5) is 5.69 Å². The number of carbonyl (C=O) groups excluding carboxylic acids is 3. The first-order chi connectivity index (χ1) is 14.1. The monoisotopic (exact) mass is 392 g/mol. The maximum Gasteiger partial charge on any atom is 0.255 e. The largest absolute Gasteiger partial charge is 0.372 e. The number of anilines is 1. The summed E-state index contributed by atoms with van der Waals surface area (Å²) in [6.45, 7) is 2.90. The number of aromatic nitrogens is 3. The van der Waals surface area contributed by atoms with Crippen molar-refractivity contribution in [3.8, 4) is 0 Å². The fourth-order valence-corrected chi connectivity index (χ4v) is 3.30. The summed E-state index contributed by atoms with van der Waals surface area (Å²) in [5.41, 5.74) is 2.29. The third kappa shape index (κ3) is 3.66. The van der Waals surface area contributed by atoms with E-state index in [4.69, 9.17) is 0 Å². The summed E-state index contributed by atoms with van der Waals surface area (Å²) in [5.74, 6) is -1.10. The van der Waals surface area contributed by atoms with E-state index in [1.165, 1.54) is 6.20 Å². The minimum atomic E-state index is -0.751. The molecule has 148 valence electrons. The number of aryl methyl sites for hydroxylation is 1. The van der Waals surface area contributed by atoms with Crippen molar-refractivity contribution in [2.45, 2.75) is 32.5 Å². The number of hydrogen-bond acceptors (Lipinski definition) is 6. The first kappa shape index (κ1) is 18.6. The van der Waals surface area contributed by atoms with Gasteiger partial charge in [0, 0.05) is 19.3 Å². The molecule has 29 heavy (non-hydrogen) atoms. The lowest BCUT2D eigenvalue weighted by Crippen LogP contribution is -2.31. The second-order valence-electron chi connectivity index (χ2n) is 6.73. The number of carbonyl (C=O) groups is 3. The maximum absolute atomic E-state index is 12.9. The van der Waals surface area contributed by atoms with Gasteiger partial charge in [0.05, 0.1) is 29.3 Å². The average Bonchev–Trinajstić information content (AvgIpc) is 3.29. The van der Waals surface area contributed by atoms with E-state index in [0.29, 0.717) is 29.8 Å². The fraction of sp³-hybridized carbons (Fsp3) is 0.250. The van der Waals surface area contributed by atoms with Crippen molar-refractivity contribution in [2.24, 2.45) is 0 Å². The molecule has 3 heterocycles. The standard InChI is InChI=1S/C20H20N6O3/c1-2-26-18-13(11-23-26)17(24-15-8-16(27)25-20(15)29)14(10-21-18)19(28)22-9-12-6-4-3-5-7-12/h3-7,10-11,15H,2,8-9H2,1H3,(H,21,24)(H,22,28)(H,25,27,29). The van der Waals surface area contributed by atoms with Gasteiger partial charge in [-0.3, -0.25) is 19.7 Å². The highest BCUT2D eigenvalue weighted by atomic mass is 16.2. The van der Waals surface area contributed by atoms with Crippen molar-refractivity contribution in [3.05, 3.63) is 53.9 Å². The first-order valence-electron chi connectivity index (χ1n) is 9.33.